The van der Waals surface area contributed by atoms with Crippen LogP contribution in [-0.4, -0.2) is 16.8 Å². The van der Waals surface area contributed by atoms with E-state index in [-0.39, 0.29) is 23.0 Å². The molecule has 1 unspecified atom stereocenters. The number of carbonyl (C=O) groups is 2. The summed E-state index contributed by atoms with van der Waals surface area (Å²) in [4.78, 5) is 25.6. The van der Waals surface area contributed by atoms with E-state index < -0.39 is 11.5 Å². The number of benzene rings is 2. The second-order valence-corrected chi connectivity index (χ2v) is 10.1. The van der Waals surface area contributed by atoms with Crippen LogP contribution in [0.25, 0.3) is 0 Å². The van der Waals surface area contributed by atoms with E-state index >= 15 is 0 Å². The number of aliphatic hydroxyl groups is 1. The molecule has 1 amide bonds. The first kappa shape index (κ1) is 20.1. The maximum atomic E-state index is 13.1. The first-order valence-electron chi connectivity index (χ1n) is 9.96. The van der Waals surface area contributed by atoms with Crippen molar-refractivity contribution < 1.29 is 14.7 Å². The number of amides is 1. The van der Waals surface area contributed by atoms with Crippen molar-refractivity contribution in [3.63, 3.8) is 0 Å². The standard InChI is InChI=1S/C24H26ClNO3/c1-22(2)9-10-23(3,4)17-11-14(5-7-16(17)22)20(27)13-24(29)18-12-15(25)6-8-19(18)26-21(24)28/h5-8,11-12,29H,9-10,13H2,1-4H3,(H,26,28). The van der Waals surface area contributed by atoms with E-state index in [1.54, 1.807) is 18.2 Å². The van der Waals surface area contributed by atoms with E-state index in [1.807, 2.05) is 18.2 Å². The molecule has 0 aromatic heterocycles. The number of Topliss-reactive ketones (excluding diaryl/α,β-unsaturated/α-hetero) is 1. The molecule has 1 atom stereocenters. The summed E-state index contributed by atoms with van der Waals surface area (Å²) < 4.78 is 0. The third kappa shape index (κ3) is 3.19. The van der Waals surface area contributed by atoms with Crippen LogP contribution in [0.3, 0.4) is 0 Å². The molecule has 2 aliphatic rings. The Morgan fingerprint density at radius 3 is 2.34 bits per heavy atom. The van der Waals surface area contributed by atoms with Crippen LogP contribution in [0.5, 0.6) is 0 Å². The number of rotatable bonds is 3. The number of carbonyl (C=O) groups excluding carboxylic acids is 2. The number of ketones is 1. The van der Waals surface area contributed by atoms with Crippen LogP contribution in [0.1, 0.15) is 74.0 Å². The minimum absolute atomic E-state index is 0.0249. The largest absolute Gasteiger partial charge is 0.375 e. The summed E-state index contributed by atoms with van der Waals surface area (Å²) in [6, 6.07) is 10.6. The van der Waals surface area contributed by atoms with Gasteiger partial charge in [-0.3, -0.25) is 9.59 Å². The van der Waals surface area contributed by atoms with Gasteiger partial charge in [-0.25, -0.2) is 0 Å². The highest BCUT2D eigenvalue weighted by Crippen LogP contribution is 2.46. The Labute approximate surface area is 176 Å². The van der Waals surface area contributed by atoms with Gasteiger partial charge in [0, 0.05) is 21.8 Å². The maximum absolute atomic E-state index is 13.1. The van der Waals surface area contributed by atoms with Gasteiger partial charge in [0.15, 0.2) is 11.4 Å². The van der Waals surface area contributed by atoms with Gasteiger partial charge in [-0.15, -0.1) is 0 Å². The van der Waals surface area contributed by atoms with Gasteiger partial charge in [-0.2, -0.15) is 0 Å². The Morgan fingerprint density at radius 2 is 1.66 bits per heavy atom. The SMILES string of the molecule is CC1(C)CCC(C)(C)c2cc(C(=O)CC3(O)C(=O)Nc4ccc(Cl)cc43)ccc21. The molecule has 4 nitrogen and oxygen atoms in total. The molecular weight excluding hydrogens is 386 g/mol. The second-order valence-electron chi connectivity index (χ2n) is 9.63. The molecule has 0 saturated heterocycles. The quantitative estimate of drug-likeness (QED) is 0.690. The summed E-state index contributed by atoms with van der Waals surface area (Å²) in [5.41, 5.74) is 1.92. The lowest BCUT2D eigenvalue weighted by atomic mass is 9.63. The molecule has 0 spiro atoms. The lowest BCUT2D eigenvalue weighted by Crippen LogP contribution is -2.37. The number of nitrogens with one attached hydrogen (secondary N) is 1. The number of halogens is 1. The number of anilines is 1. The monoisotopic (exact) mass is 411 g/mol. The number of fused-ring (bicyclic) bond motifs is 2. The average Bonchev–Trinajstić information content (AvgIpc) is 2.89. The highest BCUT2D eigenvalue weighted by molar-refractivity contribution is 6.31. The van der Waals surface area contributed by atoms with Crippen molar-refractivity contribution in [2.45, 2.75) is 63.4 Å². The zero-order chi connectivity index (χ0) is 21.2. The van der Waals surface area contributed by atoms with Gasteiger partial charge in [-0.05, 0) is 59.1 Å². The zero-order valence-corrected chi connectivity index (χ0v) is 18.0. The Balaban J connectivity index is 1.70. The van der Waals surface area contributed by atoms with Crippen LogP contribution >= 0.6 is 11.6 Å². The summed E-state index contributed by atoms with van der Waals surface area (Å²) in [6.07, 6.45) is 1.81. The Kier molecular flexibility index (Phi) is 4.45. The van der Waals surface area contributed by atoms with Gasteiger partial charge < -0.3 is 10.4 Å². The van der Waals surface area contributed by atoms with Gasteiger partial charge in [0.2, 0.25) is 0 Å². The molecule has 1 aliphatic heterocycles. The molecule has 0 radical (unpaired) electrons. The Bertz CT molecular complexity index is 1040. The van der Waals surface area contributed by atoms with Gasteiger partial charge >= 0.3 is 0 Å². The van der Waals surface area contributed by atoms with Crippen molar-refractivity contribution in [2.24, 2.45) is 0 Å². The van der Waals surface area contributed by atoms with E-state index in [0.717, 1.165) is 12.8 Å². The predicted molar refractivity (Wildman–Crippen MR) is 115 cm³/mol. The zero-order valence-electron chi connectivity index (χ0n) is 17.2. The van der Waals surface area contributed by atoms with Gasteiger partial charge in [-0.1, -0.05) is 51.4 Å². The van der Waals surface area contributed by atoms with Crippen LogP contribution in [0.2, 0.25) is 5.02 Å². The Hall–Kier alpha value is -2.17. The van der Waals surface area contributed by atoms with Crippen molar-refractivity contribution in [1.82, 2.24) is 0 Å². The highest BCUT2D eigenvalue weighted by atomic mass is 35.5. The molecule has 2 aromatic carbocycles. The van der Waals surface area contributed by atoms with Crippen LogP contribution in [0.15, 0.2) is 36.4 Å². The molecule has 1 aliphatic carbocycles. The smallest absolute Gasteiger partial charge is 0.261 e. The fourth-order valence-electron chi connectivity index (χ4n) is 4.59. The molecule has 1 heterocycles. The molecule has 152 valence electrons. The van der Waals surface area contributed by atoms with E-state index in [2.05, 4.69) is 33.0 Å². The minimum Gasteiger partial charge on any atom is -0.375 e. The molecule has 2 N–H and O–H groups in total. The summed E-state index contributed by atoms with van der Waals surface area (Å²) in [7, 11) is 0. The molecule has 4 rings (SSSR count). The van der Waals surface area contributed by atoms with Crippen LogP contribution in [0.4, 0.5) is 5.69 Å². The maximum Gasteiger partial charge on any atom is 0.261 e. The molecule has 0 saturated carbocycles. The minimum atomic E-state index is -1.91. The Morgan fingerprint density at radius 1 is 1.00 bits per heavy atom. The first-order valence-corrected chi connectivity index (χ1v) is 10.3. The van der Waals surface area contributed by atoms with Crippen molar-refractivity contribution in [2.75, 3.05) is 5.32 Å². The van der Waals surface area contributed by atoms with E-state index in [0.29, 0.717) is 21.8 Å². The normalized spacial score (nSPS) is 23.9. The third-order valence-electron chi connectivity index (χ3n) is 6.64. The average molecular weight is 412 g/mol. The second kappa shape index (κ2) is 6.41. The van der Waals surface area contributed by atoms with Gasteiger partial charge in [0.05, 0.1) is 6.42 Å². The van der Waals surface area contributed by atoms with Crippen molar-refractivity contribution in [1.29, 1.82) is 0 Å². The van der Waals surface area contributed by atoms with Crippen molar-refractivity contribution >= 4 is 29.0 Å². The number of hydrogen-bond donors (Lipinski definition) is 2. The highest BCUT2D eigenvalue weighted by Gasteiger charge is 2.47. The fourth-order valence-corrected chi connectivity index (χ4v) is 4.76. The molecule has 0 bridgehead atoms. The molecular formula is C24H26ClNO3. The predicted octanol–water partition coefficient (Wildman–Crippen LogP) is 5.10. The summed E-state index contributed by atoms with van der Waals surface area (Å²) in [5.74, 6) is -0.861. The van der Waals surface area contributed by atoms with Crippen LogP contribution in [-0.2, 0) is 21.2 Å². The molecule has 29 heavy (non-hydrogen) atoms. The number of hydrogen-bond acceptors (Lipinski definition) is 3. The van der Waals surface area contributed by atoms with Gasteiger partial charge in [0.1, 0.15) is 0 Å². The third-order valence-corrected chi connectivity index (χ3v) is 6.88. The van der Waals surface area contributed by atoms with Crippen molar-refractivity contribution in [3.05, 3.63) is 63.7 Å². The summed E-state index contributed by atoms with van der Waals surface area (Å²) >= 11 is 6.05. The lowest BCUT2D eigenvalue weighted by Gasteiger charge is -2.42. The van der Waals surface area contributed by atoms with E-state index in [9.17, 15) is 14.7 Å². The lowest BCUT2D eigenvalue weighted by molar-refractivity contribution is -0.133. The van der Waals surface area contributed by atoms with Crippen LogP contribution in [0, 0.1) is 0 Å². The molecule has 5 heteroatoms. The van der Waals surface area contributed by atoms with Crippen molar-refractivity contribution in [3.8, 4) is 0 Å². The van der Waals surface area contributed by atoms with Crippen LogP contribution < -0.4 is 5.32 Å². The topological polar surface area (TPSA) is 66.4 Å². The van der Waals surface area contributed by atoms with E-state index in [4.69, 9.17) is 11.6 Å². The molecule has 0 fully saturated rings. The summed E-state index contributed by atoms with van der Waals surface area (Å²) in [6.45, 7) is 8.86. The summed E-state index contributed by atoms with van der Waals surface area (Å²) in [5, 5.41) is 14.2. The molecule has 2 aromatic rings. The van der Waals surface area contributed by atoms with Gasteiger partial charge in [0.25, 0.3) is 5.91 Å². The van der Waals surface area contributed by atoms with E-state index in [1.165, 1.54) is 11.1 Å². The first-order chi connectivity index (χ1) is 13.4. The fraction of sp³-hybridized carbons (Fsp3) is 0.417.